The Balaban J connectivity index is 0.000000102. The van der Waals surface area contributed by atoms with Gasteiger partial charge in [0, 0.05) is 76.9 Å². The maximum Gasteiger partial charge on any atom is 0.137 e. The molecule has 0 spiro atoms. The van der Waals surface area contributed by atoms with E-state index in [0.29, 0.717) is 23.9 Å². The molecule has 4 unspecified atom stereocenters. The van der Waals surface area contributed by atoms with E-state index in [4.69, 9.17) is 0 Å². The van der Waals surface area contributed by atoms with Crippen LogP contribution in [0.25, 0.3) is 54.8 Å². The van der Waals surface area contributed by atoms with Crippen molar-refractivity contribution in [3.05, 3.63) is 232 Å². The Morgan fingerprint density at radius 3 is 1.81 bits per heavy atom. The third-order valence-corrected chi connectivity index (χ3v) is 10.4. The molecule has 11 nitrogen and oxygen atoms in total. The van der Waals surface area contributed by atoms with Crippen LogP contribution in [0.4, 0.5) is 0 Å². The molecule has 0 fully saturated rings. The van der Waals surface area contributed by atoms with E-state index < -0.39 is 0 Å². The number of benzene rings is 3. The molecule has 4 aliphatic rings. The quantitative estimate of drug-likeness (QED) is 0.0895. The minimum absolute atomic E-state index is 0.426. The van der Waals surface area contributed by atoms with Gasteiger partial charge in [0.15, 0.2) is 0 Å². The number of H-pyrrole nitrogens is 4. The zero-order valence-corrected chi connectivity index (χ0v) is 35.1. The van der Waals surface area contributed by atoms with Crippen LogP contribution in [0.15, 0.2) is 237 Å². The van der Waals surface area contributed by atoms with Gasteiger partial charge in [-0.2, -0.15) is 10.2 Å². The maximum absolute atomic E-state index is 4.18. The second kappa shape index (κ2) is 22.3. The number of nitrogens with zero attached hydrogens (tertiary/aromatic N) is 5. The molecule has 2 aliphatic carbocycles. The van der Waals surface area contributed by atoms with E-state index in [0.717, 1.165) is 38.5 Å². The highest BCUT2D eigenvalue weighted by Gasteiger charge is 2.19. The smallest absolute Gasteiger partial charge is 0.137 e. The number of aromatic amines is 4. The van der Waals surface area contributed by atoms with Crippen molar-refractivity contribution in [2.45, 2.75) is 12.1 Å². The molecule has 14 rings (SSSR count). The number of nitrogens with one attached hydrogen (secondary N) is 6. The van der Waals surface area contributed by atoms with E-state index in [1.165, 1.54) is 16.3 Å². The predicted molar refractivity (Wildman–Crippen MR) is 263 cm³/mol. The summed E-state index contributed by atoms with van der Waals surface area (Å²) >= 11 is 0. The molecular weight excluding hydrogens is 791 g/mol. The van der Waals surface area contributed by atoms with Gasteiger partial charge in [-0.15, -0.1) is 0 Å². The number of para-hydroxylation sites is 3. The van der Waals surface area contributed by atoms with Gasteiger partial charge in [-0.05, 0) is 78.3 Å². The van der Waals surface area contributed by atoms with Gasteiger partial charge in [0.25, 0.3) is 0 Å². The molecule has 2 aliphatic heterocycles. The van der Waals surface area contributed by atoms with Crippen LogP contribution in [0.2, 0.25) is 0 Å². The molecule has 7 aromatic heterocycles. The first-order valence-electron chi connectivity index (χ1n) is 21.1. The Labute approximate surface area is 371 Å². The number of fused-ring (bicyclic) bond motifs is 7. The van der Waals surface area contributed by atoms with Gasteiger partial charge in [0.05, 0.1) is 40.3 Å². The van der Waals surface area contributed by atoms with Crippen molar-refractivity contribution in [1.82, 2.24) is 50.8 Å². The second-order valence-corrected chi connectivity index (χ2v) is 14.7. The Hall–Kier alpha value is -8.57. The zero-order chi connectivity index (χ0) is 43.4. The predicted octanol–water partition coefficient (Wildman–Crippen LogP) is 11.0. The summed E-state index contributed by atoms with van der Waals surface area (Å²) in [6.45, 7) is 0. The van der Waals surface area contributed by atoms with Gasteiger partial charge in [0.2, 0.25) is 0 Å². The van der Waals surface area contributed by atoms with Crippen LogP contribution in [0.5, 0.6) is 0 Å². The normalized spacial score (nSPS) is 17.6. The van der Waals surface area contributed by atoms with Crippen LogP contribution in [-0.2, 0) is 0 Å². The summed E-state index contributed by atoms with van der Waals surface area (Å²) in [4.78, 5) is 21.6. The monoisotopic (exact) mass is 839 g/mol. The van der Waals surface area contributed by atoms with E-state index >= 15 is 0 Å². The number of aromatic nitrogens is 8. The summed E-state index contributed by atoms with van der Waals surface area (Å²) in [6.07, 6.45) is 36.0. The number of pyridine rings is 3. The van der Waals surface area contributed by atoms with Gasteiger partial charge in [-0.1, -0.05) is 115 Å². The lowest BCUT2D eigenvalue weighted by molar-refractivity contribution is 0.622. The summed E-state index contributed by atoms with van der Waals surface area (Å²) in [7, 11) is 0. The molecule has 316 valence electrons. The van der Waals surface area contributed by atoms with Crippen molar-refractivity contribution in [1.29, 1.82) is 0 Å². The van der Waals surface area contributed by atoms with Gasteiger partial charge in [-0.3, -0.25) is 15.1 Å². The Kier molecular flexibility index (Phi) is 14.7. The Morgan fingerprint density at radius 2 is 1.03 bits per heavy atom. The summed E-state index contributed by atoms with van der Waals surface area (Å²) < 4.78 is 0. The number of hydrazone groups is 1. The first kappa shape index (κ1) is 42.1. The highest BCUT2D eigenvalue weighted by Crippen LogP contribution is 2.18. The number of hydrogen-bond acceptors (Lipinski definition) is 7. The number of allylic oxidation sites excluding steroid dienone is 4. The van der Waals surface area contributed by atoms with Crippen molar-refractivity contribution in [2.24, 2.45) is 16.9 Å². The Morgan fingerprint density at radius 1 is 0.422 bits per heavy atom. The van der Waals surface area contributed by atoms with Crippen molar-refractivity contribution >= 4 is 61.0 Å². The molecule has 3 aromatic carbocycles. The minimum atomic E-state index is 0.426. The van der Waals surface area contributed by atoms with E-state index in [1.54, 1.807) is 12.4 Å². The standard InChI is InChI=1S/C9H7N.C8H9N.C8H7N.2C7H6N2.C7H8N2.C7H6N2/c1-2-6-9-8(4-1)5-3-7-10-9;2*1-2-4-8-7(3-1)5-6-9-8;1-2-6-7(8-4-1)3-5-9-6;1-2-6-3-5-9-7(6)8-4-1;2*1-2-4-7-6(3-1)5-8-9-7/h1-7H;1-9H;1-6,9H;1-5,9H;1-5H,(H,8,9);1-7,9H;1-5H,(H,8,9). The second-order valence-electron chi connectivity index (χ2n) is 14.7. The van der Waals surface area contributed by atoms with Gasteiger partial charge in [-0.25, -0.2) is 4.98 Å². The topological polar surface area (TPSA) is 151 Å². The van der Waals surface area contributed by atoms with Crippen LogP contribution >= 0.6 is 0 Å². The molecule has 0 bridgehead atoms. The molecule has 11 heteroatoms. The lowest BCUT2D eigenvalue weighted by Gasteiger charge is -2.14. The average molecular weight is 840 g/mol. The van der Waals surface area contributed by atoms with Gasteiger partial charge in [0.1, 0.15) is 5.65 Å². The lowest BCUT2D eigenvalue weighted by atomic mass is 9.98. The van der Waals surface area contributed by atoms with E-state index in [2.05, 4.69) is 135 Å². The van der Waals surface area contributed by atoms with Gasteiger partial charge < -0.3 is 25.7 Å². The number of hydrogen-bond donors (Lipinski definition) is 6. The fraction of sp³-hybridized carbons (Fsp3) is 0.0755. The zero-order valence-electron chi connectivity index (χ0n) is 35.1. The third-order valence-electron chi connectivity index (χ3n) is 10.4. The summed E-state index contributed by atoms with van der Waals surface area (Å²) in [5.74, 6) is 1.10. The Bertz CT molecular complexity index is 2650. The third kappa shape index (κ3) is 11.8. The van der Waals surface area contributed by atoms with Crippen molar-refractivity contribution in [3.63, 3.8) is 0 Å². The van der Waals surface area contributed by atoms with Crippen molar-refractivity contribution < 1.29 is 0 Å². The average Bonchev–Trinajstić information content (AvgIpc) is 4.24. The van der Waals surface area contributed by atoms with E-state index in [-0.39, 0.29) is 0 Å². The molecule has 0 saturated carbocycles. The molecular formula is C53H49N11. The SMILES string of the molecule is C1=CC2C=CNC2C=C1.C1=CC2C=NNC2C=C1.c1ccc2[nH]ccc2c1.c1ccc2[nH]ncc2c1.c1ccc2ncccc2c1.c1cnc2[nH]ccc2c1.c1cnc2cc[nH]c2c1. The molecule has 10 aromatic rings. The minimum Gasteiger partial charge on any atom is -0.384 e. The molecule has 64 heavy (non-hydrogen) atoms. The van der Waals surface area contributed by atoms with Gasteiger partial charge >= 0.3 is 0 Å². The fourth-order valence-electron chi connectivity index (χ4n) is 7.02. The fourth-order valence-corrected chi connectivity index (χ4v) is 7.02. The molecule has 4 atom stereocenters. The lowest BCUT2D eigenvalue weighted by Crippen LogP contribution is -2.24. The van der Waals surface area contributed by atoms with E-state index in [1.807, 2.05) is 147 Å². The van der Waals surface area contributed by atoms with Crippen LogP contribution in [0, 0.1) is 11.8 Å². The van der Waals surface area contributed by atoms with Crippen molar-refractivity contribution in [3.8, 4) is 0 Å². The van der Waals surface area contributed by atoms with Crippen molar-refractivity contribution in [2.75, 3.05) is 0 Å². The first-order chi connectivity index (χ1) is 31.8. The van der Waals surface area contributed by atoms with Crippen LogP contribution in [-0.4, -0.2) is 58.4 Å². The maximum atomic E-state index is 4.18. The highest BCUT2D eigenvalue weighted by atomic mass is 15.3. The molecule has 6 N–H and O–H groups in total. The van der Waals surface area contributed by atoms with Crippen LogP contribution in [0.1, 0.15) is 0 Å². The van der Waals surface area contributed by atoms with Crippen LogP contribution in [0.3, 0.4) is 0 Å². The first-order valence-corrected chi connectivity index (χ1v) is 21.1. The largest absolute Gasteiger partial charge is 0.384 e. The molecule has 9 heterocycles. The summed E-state index contributed by atoms with van der Waals surface area (Å²) in [5, 5.41) is 18.7. The summed E-state index contributed by atoms with van der Waals surface area (Å²) in [6, 6.07) is 43.2. The van der Waals surface area contributed by atoms with E-state index in [9.17, 15) is 0 Å². The van der Waals surface area contributed by atoms with Crippen LogP contribution < -0.4 is 10.7 Å². The molecule has 0 saturated heterocycles. The summed E-state index contributed by atoms with van der Waals surface area (Å²) in [5.41, 5.74) is 9.43. The molecule has 0 amide bonds. The number of rotatable bonds is 0. The highest BCUT2D eigenvalue weighted by molar-refractivity contribution is 5.79. The molecule has 0 radical (unpaired) electrons.